The second kappa shape index (κ2) is 11.1. The van der Waals surface area contributed by atoms with Crippen LogP contribution in [0.25, 0.3) is 16.6 Å². The van der Waals surface area contributed by atoms with E-state index in [1.165, 1.54) is 0 Å². The van der Waals surface area contributed by atoms with Crippen LogP contribution in [0.1, 0.15) is 40.5 Å². The van der Waals surface area contributed by atoms with Gasteiger partial charge in [-0.05, 0) is 61.7 Å². The zero-order valence-corrected chi connectivity index (χ0v) is 22.3. The number of pyridine rings is 1. The number of anilines is 1. The van der Waals surface area contributed by atoms with E-state index >= 15 is 0 Å². The Morgan fingerprint density at radius 2 is 1.75 bits per heavy atom. The fourth-order valence-electron chi connectivity index (χ4n) is 5.53. The molecule has 9 heteroatoms. The maximum Gasteiger partial charge on any atom is 0.319 e. The third-order valence-electron chi connectivity index (χ3n) is 7.58. The maximum atomic E-state index is 13.8. The van der Waals surface area contributed by atoms with Gasteiger partial charge in [0.25, 0.3) is 5.91 Å². The molecule has 2 N–H and O–H groups in total. The van der Waals surface area contributed by atoms with Crippen LogP contribution in [-0.4, -0.2) is 49.0 Å². The predicted octanol–water partition coefficient (Wildman–Crippen LogP) is 5.33. The first-order chi connectivity index (χ1) is 19.6. The number of aromatic nitrogens is 4. The molecule has 1 aliphatic rings. The van der Waals surface area contributed by atoms with Crippen molar-refractivity contribution in [3.63, 3.8) is 0 Å². The zero-order valence-electron chi connectivity index (χ0n) is 22.3. The summed E-state index contributed by atoms with van der Waals surface area (Å²) in [5, 5.41) is 6.66. The topological polar surface area (TPSA) is 97.1 Å². The Balaban J connectivity index is 1.19. The number of nitrogens with zero attached hydrogens (tertiary/aromatic N) is 5. The summed E-state index contributed by atoms with van der Waals surface area (Å²) in [5.74, 6) is 0.0695. The van der Waals surface area contributed by atoms with Gasteiger partial charge in [-0.1, -0.05) is 24.3 Å². The van der Waals surface area contributed by atoms with Crippen LogP contribution in [0.2, 0.25) is 0 Å². The average Bonchev–Trinajstić information content (AvgIpc) is 3.63. The van der Waals surface area contributed by atoms with Crippen molar-refractivity contribution in [3.05, 3.63) is 109 Å². The molecule has 1 aliphatic heterocycles. The summed E-state index contributed by atoms with van der Waals surface area (Å²) in [6, 6.07) is 19.5. The molecule has 0 radical (unpaired) electrons. The van der Waals surface area contributed by atoms with Crippen molar-refractivity contribution in [2.24, 2.45) is 0 Å². The fraction of sp³-hybridized carbons (Fsp3) is 0.226. The number of nitrogens with one attached hydrogen (secondary N) is 2. The molecule has 0 bridgehead atoms. The van der Waals surface area contributed by atoms with Gasteiger partial charge in [-0.2, -0.15) is 0 Å². The molecule has 6 rings (SSSR count). The molecule has 0 unspecified atom stereocenters. The quantitative estimate of drug-likeness (QED) is 0.308. The van der Waals surface area contributed by atoms with Crippen molar-refractivity contribution < 1.29 is 9.59 Å². The van der Waals surface area contributed by atoms with Crippen LogP contribution in [0, 0.1) is 6.92 Å². The van der Waals surface area contributed by atoms with E-state index in [1.807, 2.05) is 85.0 Å². The van der Waals surface area contributed by atoms with Crippen molar-refractivity contribution in [2.75, 3.05) is 18.4 Å². The smallest absolute Gasteiger partial charge is 0.319 e. The molecule has 202 valence electrons. The van der Waals surface area contributed by atoms with Crippen LogP contribution >= 0.6 is 0 Å². The molecule has 40 heavy (non-hydrogen) atoms. The molecule has 3 aromatic heterocycles. The normalized spacial score (nSPS) is 13.9. The molecular weight excluding hydrogens is 502 g/mol. The Hall–Kier alpha value is -4.92. The number of fused-ring (bicyclic) bond motifs is 1. The molecular formula is C31H31N7O2. The monoisotopic (exact) mass is 533 g/mol. The highest BCUT2D eigenvalue weighted by Gasteiger charge is 2.28. The molecule has 0 saturated carbocycles. The van der Waals surface area contributed by atoms with Crippen molar-refractivity contribution in [1.29, 1.82) is 0 Å². The number of hydrogen-bond donors (Lipinski definition) is 2. The van der Waals surface area contributed by atoms with E-state index in [0.29, 0.717) is 31.4 Å². The van der Waals surface area contributed by atoms with Crippen molar-refractivity contribution >= 4 is 28.5 Å². The first-order valence-electron chi connectivity index (χ1n) is 13.5. The molecule has 3 amide bonds. The van der Waals surface area contributed by atoms with E-state index in [2.05, 4.69) is 29.7 Å². The Morgan fingerprint density at radius 1 is 0.950 bits per heavy atom. The molecule has 5 aromatic rings. The first kappa shape index (κ1) is 25.4. The number of rotatable bonds is 6. The first-order valence-corrected chi connectivity index (χ1v) is 13.5. The lowest BCUT2D eigenvalue weighted by Crippen LogP contribution is -2.39. The second-order valence-corrected chi connectivity index (χ2v) is 10.1. The number of piperidine rings is 1. The summed E-state index contributed by atoms with van der Waals surface area (Å²) in [7, 11) is 0. The minimum Gasteiger partial charge on any atom is -0.338 e. The number of urea groups is 1. The summed E-state index contributed by atoms with van der Waals surface area (Å²) >= 11 is 0. The minimum absolute atomic E-state index is 0.0695. The van der Waals surface area contributed by atoms with E-state index < -0.39 is 0 Å². The fourth-order valence-corrected chi connectivity index (χ4v) is 5.53. The Bertz CT molecular complexity index is 1620. The number of hydrogen-bond acceptors (Lipinski definition) is 4. The van der Waals surface area contributed by atoms with Crippen molar-refractivity contribution in [2.45, 2.75) is 32.4 Å². The largest absolute Gasteiger partial charge is 0.338 e. The summed E-state index contributed by atoms with van der Waals surface area (Å²) in [6.07, 6.45) is 10.9. The van der Waals surface area contributed by atoms with E-state index in [9.17, 15) is 9.59 Å². The molecule has 2 aromatic carbocycles. The van der Waals surface area contributed by atoms with E-state index in [0.717, 1.165) is 46.3 Å². The highest BCUT2D eigenvalue weighted by Crippen LogP contribution is 2.32. The summed E-state index contributed by atoms with van der Waals surface area (Å²) in [6.45, 7) is 3.82. The minimum atomic E-state index is -0.288. The van der Waals surface area contributed by atoms with E-state index in [4.69, 9.17) is 0 Å². The molecule has 9 nitrogen and oxygen atoms in total. The van der Waals surface area contributed by atoms with Gasteiger partial charge in [-0.25, -0.2) is 9.78 Å². The standard InChI is InChI=1S/C31H31N7O2/c1-22-29(30(39)36-16-12-25(13-17-36)37-18-15-33-21-37)27-6-2-3-7-28(27)38(22)26-10-8-24(9-11-26)35-31(40)34-20-23-5-4-14-32-19-23/h2-11,14-15,18-19,21,25H,12-13,16-17,20H2,1H3,(H2,34,35,40). The summed E-state index contributed by atoms with van der Waals surface area (Å²) in [5.41, 5.74) is 5.15. The van der Waals surface area contributed by atoms with Gasteiger partial charge in [0.1, 0.15) is 0 Å². The van der Waals surface area contributed by atoms with Crippen LogP contribution in [0.5, 0.6) is 0 Å². The summed E-state index contributed by atoms with van der Waals surface area (Å²) < 4.78 is 4.26. The zero-order chi connectivity index (χ0) is 27.5. The Kier molecular flexibility index (Phi) is 7.01. The third kappa shape index (κ3) is 5.05. The molecule has 4 heterocycles. The summed E-state index contributed by atoms with van der Waals surface area (Å²) in [4.78, 5) is 36.4. The molecule has 1 saturated heterocycles. The molecule has 1 fully saturated rings. The van der Waals surface area contributed by atoms with Gasteiger partial charge in [-0.3, -0.25) is 9.78 Å². The van der Waals surface area contributed by atoms with Gasteiger partial charge in [0, 0.05) is 72.9 Å². The average molecular weight is 534 g/mol. The van der Waals surface area contributed by atoms with Crippen LogP contribution in [0.4, 0.5) is 10.5 Å². The van der Waals surface area contributed by atoms with Gasteiger partial charge >= 0.3 is 6.03 Å². The third-order valence-corrected chi connectivity index (χ3v) is 7.58. The SMILES string of the molecule is Cc1c(C(=O)N2CCC(n3ccnc3)CC2)c2ccccc2n1-c1ccc(NC(=O)NCc2cccnc2)cc1. The number of carbonyl (C=O) groups is 2. The molecule has 0 atom stereocenters. The van der Waals surface area contributed by atoms with Crippen LogP contribution < -0.4 is 10.6 Å². The van der Waals surface area contributed by atoms with Gasteiger partial charge in [0.2, 0.25) is 0 Å². The number of para-hydroxylation sites is 1. The molecule has 0 aliphatic carbocycles. The van der Waals surface area contributed by atoms with Crippen LogP contribution in [0.15, 0.2) is 91.8 Å². The van der Waals surface area contributed by atoms with Gasteiger partial charge in [0.05, 0.1) is 17.4 Å². The number of likely N-dealkylation sites (tertiary alicyclic amines) is 1. The van der Waals surface area contributed by atoms with Crippen LogP contribution in [-0.2, 0) is 6.54 Å². The number of amides is 3. The number of benzene rings is 2. The van der Waals surface area contributed by atoms with E-state index in [-0.39, 0.29) is 11.9 Å². The van der Waals surface area contributed by atoms with Crippen molar-refractivity contribution in [1.82, 2.24) is 29.3 Å². The Morgan fingerprint density at radius 3 is 2.48 bits per heavy atom. The lowest BCUT2D eigenvalue weighted by molar-refractivity contribution is 0.0695. The van der Waals surface area contributed by atoms with Crippen molar-refractivity contribution in [3.8, 4) is 5.69 Å². The van der Waals surface area contributed by atoms with Gasteiger partial charge in [-0.15, -0.1) is 0 Å². The highest BCUT2D eigenvalue weighted by atomic mass is 16.2. The highest BCUT2D eigenvalue weighted by molar-refractivity contribution is 6.09. The Labute approximate surface area is 232 Å². The number of imidazole rings is 1. The number of carbonyl (C=O) groups excluding carboxylic acids is 2. The second-order valence-electron chi connectivity index (χ2n) is 10.1. The van der Waals surface area contributed by atoms with Gasteiger partial charge in [0.15, 0.2) is 0 Å². The van der Waals surface area contributed by atoms with Gasteiger partial charge < -0.3 is 24.7 Å². The lowest BCUT2D eigenvalue weighted by Gasteiger charge is -2.32. The molecule has 0 spiro atoms. The maximum absolute atomic E-state index is 13.8. The predicted molar refractivity (Wildman–Crippen MR) is 155 cm³/mol. The lowest BCUT2D eigenvalue weighted by atomic mass is 10.0. The van der Waals surface area contributed by atoms with Crippen LogP contribution in [0.3, 0.4) is 0 Å². The van der Waals surface area contributed by atoms with E-state index in [1.54, 1.807) is 18.6 Å².